The number of benzene rings is 2. The molecule has 1 fully saturated rings. The second-order valence-electron chi connectivity index (χ2n) is 7.51. The number of esters is 1. The molecule has 0 saturated carbocycles. The van der Waals surface area contributed by atoms with Crippen molar-refractivity contribution < 1.29 is 27.1 Å². The summed E-state index contributed by atoms with van der Waals surface area (Å²) in [6.45, 7) is 5.61. The number of halogens is 1. The zero-order valence-corrected chi connectivity index (χ0v) is 19.5. The van der Waals surface area contributed by atoms with Crippen molar-refractivity contribution in [3.63, 3.8) is 0 Å². The topological polar surface area (TPSA) is 76.2 Å². The summed E-state index contributed by atoms with van der Waals surface area (Å²) in [5.74, 6) is -1.10. The lowest BCUT2D eigenvalue weighted by Gasteiger charge is -2.23. The number of ether oxygens (including phenoxy) is 2. The van der Waals surface area contributed by atoms with Crippen molar-refractivity contribution in [2.75, 3.05) is 38.2 Å². The highest BCUT2D eigenvalue weighted by Gasteiger charge is 2.27. The summed E-state index contributed by atoms with van der Waals surface area (Å²) in [6, 6.07) is 8.92. The maximum Gasteiger partial charge on any atom is 0.340 e. The van der Waals surface area contributed by atoms with Crippen molar-refractivity contribution in [1.82, 2.24) is 4.31 Å². The van der Waals surface area contributed by atoms with E-state index in [2.05, 4.69) is 4.90 Å². The Morgan fingerprint density at radius 2 is 1.78 bits per heavy atom. The largest absolute Gasteiger partial charge is 0.494 e. The second kappa shape index (κ2) is 10.3. The molecule has 0 spiro atoms. The average molecular weight is 465 g/mol. The van der Waals surface area contributed by atoms with E-state index in [0.717, 1.165) is 25.9 Å². The molecule has 9 heteroatoms. The van der Waals surface area contributed by atoms with Crippen molar-refractivity contribution in [3.8, 4) is 5.75 Å². The lowest BCUT2D eigenvalue weighted by atomic mass is 10.1. The first-order valence-corrected chi connectivity index (χ1v) is 12.1. The summed E-state index contributed by atoms with van der Waals surface area (Å²) in [5.41, 5.74) is 1.30. The van der Waals surface area contributed by atoms with Crippen molar-refractivity contribution in [2.24, 2.45) is 0 Å². The molecule has 1 aliphatic rings. The van der Waals surface area contributed by atoms with Crippen molar-refractivity contribution in [1.29, 1.82) is 0 Å². The fourth-order valence-corrected chi connectivity index (χ4v) is 5.30. The van der Waals surface area contributed by atoms with Crippen LogP contribution in [0.5, 0.6) is 5.75 Å². The molecule has 1 heterocycles. The number of carbonyl (C=O) groups is 1. The van der Waals surface area contributed by atoms with Gasteiger partial charge in [-0.3, -0.25) is 0 Å². The van der Waals surface area contributed by atoms with Gasteiger partial charge in [-0.05, 0) is 48.7 Å². The first-order valence-electron chi connectivity index (χ1n) is 10.7. The van der Waals surface area contributed by atoms with Crippen LogP contribution in [0.2, 0.25) is 0 Å². The third-order valence-corrected chi connectivity index (χ3v) is 7.61. The van der Waals surface area contributed by atoms with Gasteiger partial charge < -0.3 is 14.4 Å². The number of hydrogen-bond acceptors (Lipinski definition) is 6. The molecule has 3 rings (SSSR count). The third-order valence-electron chi connectivity index (χ3n) is 5.56. The van der Waals surface area contributed by atoms with Gasteiger partial charge in [0, 0.05) is 26.2 Å². The Balaban J connectivity index is 1.91. The van der Waals surface area contributed by atoms with E-state index in [-0.39, 0.29) is 22.8 Å². The highest BCUT2D eigenvalue weighted by molar-refractivity contribution is 7.89. The predicted octanol–water partition coefficient (Wildman–Crippen LogP) is 3.82. The van der Waals surface area contributed by atoms with Crippen LogP contribution in [0.3, 0.4) is 0 Å². The Hall–Kier alpha value is -2.65. The van der Waals surface area contributed by atoms with Gasteiger partial charge in [0.25, 0.3) is 0 Å². The predicted molar refractivity (Wildman–Crippen MR) is 120 cm³/mol. The fraction of sp³-hybridized carbons (Fsp3) is 0.435. The van der Waals surface area contributed by atoms with E-state index < -0.39 is 21.8 Å². The average Bonchev–Trinajstić information content (AvgIpc) is 3.32. The number of hydrogen-bond donors (Lipinski definition) is 0. The molecular formula is C23H29FN2O5S. The molecule has 2 aromatic carbocycles. The Labute approximate surface area is 188 Å². The molecule has 32 heavy (non-hydrogen) atoms. The molecule has 0 aromatic heterocycles. The number of nitrogens with zero attached hydrogens (tertiary/aromatic N) is 2. The molecule has 2 aromatic rings. The Bertz CT molecular complexity index is 1060. The van der Waals surface area contributed by atoms with Gasteiger partial charge in [-0.25, -0.2) is 17.6 Å². The molecule has 0 atom stereocenters. The van der Waals surface area contributed by atoms with Gasteiger partial charge in [0.1, 0.15) is 6.61 Å². The number of sulfonamides is 1. The number of rotatable bonds is 9. The monoisotopic (exact) mass is 464 g/mol. The SMILES string of the molecule is CCN(CC)S(=O)(=O)c1ccc(N2CCCC2)c(C(=O)OCc2ccc(OC)c(F)c2)c1. The van der Waals surface area contributed by atoms with Gasteiger partial charge in [-0.2, -0.15) is 4.31 Å². The molecule has 0 unspecified atom stereocenters. The van der Waals surface area contributed by atoms with E-state index in [1.807, 2.05) is 0 Å². The van der Waals surface area contributed by atoms with Crippen LogP contribution < -0.4 is 9.64 Å². The zero-order valence-electron chi connectivity index (χ0n) is 18.6. The summed E-state index contributed by atoms with van der Waals surface area (Å²) in [7, 11) is -2.36. The van der Waals surface area contributed by atoms with E-state index in [1.54, 1.807) is 26.0 Å². The van der Waals surface area contributed by atoms with E-state index in [4.69, 9.17) is 9.47 Å². The van der Waals surface area contributed by atoms with Gasteiger partial charge in [0.15, 0.2) is 11.6 Å². The van der Waals surface area contributed by atoms with Crippen molar-refractivity contribution >= 4 is 21.7 Å². The van der Waals surface area contributed by atoms with Crippen LogP contribution >= 0.6 is 0 Å². The highest BCUT2D eigenvalue weighted by atomic mass is 32.2. The van der Waals surface area contributed by atoms with Crippen LogP contribution in [-0.4, -0.2) is 52.0 Å². The van der Waals surface area contributed by atoms with E-state index in [9.17, 15) is 17.6 Å². The van der Waals surface area contributed by atoms with E-state index in [0.29, 0.717) is 24.3 Å². The summed E-state index contributed by atoms with van der Waals surface area (Å²) in [5, 5.41) is 0. The molecule has 7 nitrogen and oxygen atoms in total. The Kier molecular flexibility index (Phi) is 7.73. The third kappa shape index (κ3) is 5.05. The minimum Gasteiger partial charge on any atom is -0.494 e. The van der Waals surface area contributed by atoms with E-state index >= 15 is 0 Å². The van der Waals surface area contributed by atoms with Gasteiger partial charge in [-0.1, -0.05) is 19.9 Å². The van der Waals surface area contributed by atoms with Gasteiger partial charge in [0.2, 0.25) is 10.0 Å². The fourth-order valence-electron chi connectivity index (χ4n) is 3.81. The van der Waals surface area contributed by atoms with Crippen LogP contribution in [0, 0.1) is 5.82 Å². The number of anilines is 1. The molecule has 0 aliphatic carbocycles. The summed E-state index contributed by atoms with van der Waals surface area (Å²) in [4.78, 5) is 15.1. The second-order valence-corrected chi connectivity index (χ2v) is 9.45. The molecular weight excluding hydrogens is 435 g/mol. The molecule has 0 amide bonds. The summed E-state index contributed by atoms with van der Waals surface area (Å²) in [6.07, 6.45) is 2.00. The van der Waals surface area contributed by atoms with Crippen LogP contribution in [0.15, 0.2) is 41.3 Å². The Morgan fingerprint density at radius 1 is 1.09 bits per heavy atom. The van der Waals surface area contributed by atoms with Gasteiger partial charge in [0.05, 0.1) is 23.3 Å². The zero-order chi connectivity index (χ0) is 23.3. The Morgan fingerprint density at radius 3 is 2.38 bits per heavy atom. The van der Waals surface area contributed by atoms with Crippen LogP contribution in [0.25, 0.3) is 0 Å². The van der Waals surface area contributed by atoms with Gasteiger partial charge in [-0.15, -0.1) is 0 Å². The van der Waals surface area contributed by atoms with E-state index in [1.165, 1.54) is 35.7 Å². The van der Waals surface area contributed by atoms with Gasteiger partial charge >= 0.3 is 5.97 Å². The van der Waals surface area contributed by atoms with Crippen molar-refractivity contribution in [3.05, 3.63) is 53.3 Å². The smallest absolute Gasteiger partial charge is 0.340 e. The highest BCUT2D eigenvalue weighted by Crippen LogP contribution is 2.29. The number of carbonyl (C=O) groups excluding carboxylic acids is 1. The van der Waals surface area contributed by atoms with Crippen LogP contribution in [-0.2, 0) is 21.4 Å². The minimum absolute atomic E-state index is 0.0478. The molecule has 0 bridgehead atoms. The lowest BCUT2D eigenvalue weighted by molar-refractivity contribution is 0.0472. The van der Waals surface area contributed by atoms with Crippen LogP contribution in [0.4, 0.5) is 10.1 Å². The lowest BCUT2D eigenvalue weighted by Crippen LogP contribution is -2.31. The van der Waals surface area contributed by atoms with Crippen LogP contribution in [0.1, 0.15) is 42.6 Å². The minimum atomic E-state index is -3.73. The maximum absolute atomic E-state index is 13.9. The maximum atomic E-state index is 13.9. The molecule has 0 radical (unpaired) electrons. The normalized spacial score (nSPS) is 14.1. The first kappa shape index (κ1) is 24.0. The first-order chi connectivity index (χ1) is 15.3. The molecule has 1 saturated heterocycles. The summed E-state index contributed by atoms with van der Waals surface area (Å²) >= 11 is 0. The standard InChI is InChI=1S/C23H29FN2O5S/c1-4-26(5-2)32(28,29)18-9-10-21(25-12-6-7-13-25)19(15-18)23(27)31-16-17-8-11-22(30-3)20(24)14-17/h8-11,14-15H,4-7,12-13,16H2,1-3H3. The van der Waals surface area contributed by atoms with Crippen molar-refractivity contribution in [2.45, 2.75) is 38.2 Å². The molecule has 1 aliphatic heterocycles. The quantitative estimate of drug-likeness (QED) is 0.525. The number of methoxy groups -OCH3 is 1. The molecule has 174 valence electrons. The summed E-state index contributed by atoms with van der Waals surface area (Å²) < 4.78 is 51.6. The molecule has 0 N–H and O–H groups in total.